The number of alkyl halides is 1. The minimum Gasteiger partial charge on any atom is -0.490 e. The van der Waals surface area contributed by atoms with Gasteiger partial charge in [-0.2, -0.15) is 0 Å². The van der Waals surface area contributed by atoms with Crippen molar-refractivity contribution >= 4 is 27.5 Å². The van der Waals surface area contributed by atoms with Crippen molar-refractivity contribution in [3.05, 3.63) is 28.7 Å². The molecular formula is C15H18BrClO. The minimum atomic E-state index is 0.257. The Hall–Kier alpha value is -0.210. The molecule has 2 aliphatic carbocycles. The SMILES string of the molecule is ClC1CC(Oc2ccc(Br)cc2)C12CCCCC2. The molecule has 3 heteroatoms. The highest BCUT2D eigenvalue weighted by molar-refractivity contribution is 9.10. The maximum atomic E-state index is 6.48. The molecule has 2 atom stereocenters. The van der Waals surface area contributed by atoms with Crippen LogP contribution in [0.2, 0.25) is 0 Å². The fourth-order valence-electron chi connectivity index (χ4n) is 3.39. The first-order valence-electron chi connectivity index (χ1n) is 6.77. The molecule has 18 heavy (non-hydrogen) atoms. The van der Waals surface area contributed by atoms with Crippen LogP contribution >= 0.6 is 27.5 Å². The summed E-state index contributed by atoms with van der Waals surface area (Å²) in [6.07, 6.45) is 7.77. The topological polar surface area (TPSA) is 9.23 Å². The van der Waals surface area contributed by atoms with Gasteiger partial charge in [-0.25, -0.2) is 0 Å². The van der Waals surface area contributed by atoms with Gasteiger partial charge in [0.2, 0.25) is 0 Å². The quantitative estimate of drug-likeness (QED) is 0.681. The summed E-state index contributed by atoms with van der Waals surface area (Å²) in [6.45, 7) is 0. The van der Waals surface area contributed by atoms with Crippen LogP contribution in [0.3, 0.4) is 0 Å². The molecule has 0 amide bonds. The van der Waals surface area contributed by atoms with Gasteiger partial charge in [0.1, 0.15) is 11.9 Å². The van der Waals surface area contributed by atoms with Crippen LogP contribution in [0.15, 0.2) is 28.7 Å². The summed E-state index contributed by atoms with van der Waals surface area (Å²) >= 11 is 9.93. The fraction of sp³-hybridized carbons (Fsp3) is 0.600. The predicted molar refractivity (Wildman–Crippen MR) is 78.3 cm³/mol. The molecule has 2 aliphatic rings. The highest BCUT2D eigenvalue weighted by Crippen LogP contribution is 2.55. The van der Waals surface area contributed by atoms with Crippen molar-refractivity contribution in [1.29, 1.82) is 0 Å². The van der Waals surface area contributed by atoms with Gasteiger partial charge >= 0.3 is 0 Å². The van der Waals surface area contributed by atoms with Crippen LogP contribution in [0.5, 0.6) is 5.75 Å². The van der Waals surface area contributed by atoms with Crippen LogP contribution < -0.4 is 4.74 Å². The van der Waals surface area contributed by atoms with Gasteiger partial charge in [-0.05, 0) is 37.1 Å². The Kier molecular flexibility index (Phi) is 3.59. The van der Waals surface area contributed by atoms with Gasteiger partial charge in [0.05, 0.1) is 0 Å². The molecule has 2 unspecified atom stereocenters. The van der Waals surface area contributed by atoms with E-state index in [1.807, 2.05) is 24.3 Å². The van der Waals surface area contributed by atoms with Crippen LogP contribution in [0.25, 0.3) is 0 Å². The molecule has 1 nitrogen and oxygen atoms in total. The summed E-state index contributed by atoms with van der Waals surface area (Å²) in [6, 6.07) is 8.11. The Balaban J connectivity index is 1.71. The summed E-state index contributed by atoms with van der Waals surface area (Å²) in [5.74, 6) is 0.969. The molecule has 0 heterocycles. The van der Waals surface area contributed by atoms with Gasteiger partial charge in [-0.15, -0.1) is 11.6 Å². The normalized spacial score (nSPS) is 29.9. The summed E-state index contributed by atoms with van der Waals surface area (Å²) in [5.41, 5.74) is 0.257. The van der Waals surface area contributed by atoms with E-state index in [4.69, 9.17) is 16.3 Å². The summed E-state index contributed by atoms with van der Waals surface area (Å²) in [4.78, 5) is 0. The third kappa shape index (κ3) is 2.18. The van der Waals surface area contributed by atoms with E-state index in [0.717, 1.165) is 16.6 Å². The van der Waals surface area contributed by atoms with Gasteiger partial charge in [-0.3, -0.25) is 0 Å². The van der Waals surface area contributed by atoms with E-state index in [2.05, 4.69) is 15.9 Å². The van der Waals surface area contributed by atoms with Crippen molar-refractivity contribution in [1.82, 2.24) is 0 Å². The molecule has 0 bridgehead atoms. The van der Waals surface area contributed by atoms with E-state index in [-0.39, 0.29) is 5.41 Å². The number of ether oxygens (including phenoxy) is 1. The minimum absolute atomic E-state index is 0.257. The van der Waals surface area contributed by atoms with E-state index in [1.165, 1.54) is 32.1 Å². The van der Waals surface area contributed by atoms with Gasteiger partial charge < -0.3 is 4.74 Å². The average Bonchev–Trinajstić information content (AvgIpc) is 2.42. The molecule has 0 N–H and O–H groups in total. The van der Waals surface area contributed by atoms with Gasteiger partial charge in [-0.1, -0.05) is 35.2 Å². The lowest BCUT2D eigenvalue weighted by Gasteiger charge is -2.55. The summed E-state index contributed by atoms with van der Waals surface area (Å²) < 4.78 is 7.25. The lowest BCUT2D eigenvalue weighted by molar-refractivity contribution is -0.0650. The second kappa shape index (κ2) is 5.05. The first kappa shape index (κ1) is 12.8. The number of rotatable bonds is 2. The largest absolute Gasteiger partial charge is 0.490 e. The van der Waals surface area contributed by atoms with Crippen LogP contribution in [0, 0.1) is 5.41 Å². The second-order valence-corrected chi connectivity index (χ2v) is 7.00. The molecule has 3 rings (SSSR count). The van der Waals surface area contributed by atoms with Crippen LogP contribution in [0.4, 0.5) is 0 Å². The predicted octanol–water partition coefficient (Wildman–Crippen LogP) is 5.16. The van der Waals surface area contributed by atoms with Gasteiger partial charge in [0.15, 0.2) is 0 Å². The van der Waals surface area contributed by atoms with Crippen molar-refractivity contribution in [3.8, 4) is 5.75 Å². The average molecular weight is 330 g/mol. The summed E-state index contributed by atoms with van der Waals surface area (Å²) in [5, 5.41) is 0.318. The summed E-state index contributed by atoms with van der Waals surface area (Å²) in [7, 11) is 0. The van der Waals surface area contributed by atoms with Crippen molar-refractivity contribution in [2.75, 3.05) is 0 Å². The molecular weight excluding hydrogens is 312 g/mol. The molecule has 2 saturated carbocycles. The number of benzene rings is 1. The van der Waals surface area contributed by atoms with E-state index >= 15 is 0 Å². The second-order valence-electron chi connectivity index (χ2n) is 5.56. The zero-order valence-corrected chi connectivity index (χ0v) is 12.7. The number of hydrogen-bond donors (Lipinski definition) is 0. The Labute approximate surface area is 122 Å². The Morgan fingerprint density at radius 1 is 1.11 bits per heavy atom. The van der Waals surface area contributed by atoms with Gasteiger partial charge in [0, 0.05) is 21.7 Å². The van der Waals surface area contributed by atoms with E-state index in [0.29, 0.717) is 11.5 Å². The van der Waals surface area contributed by atoms with Gasteiger partial charge in [0.25, 0.3) is 0 Å². The molecule has 98 valence electrons. The molecule has 0 aliphatic heterocycles. The van der Waals surface area contributed by atoms with Crippen LogP contribution in [-0.4, -0.2) is 11.5 Å². The van der Waals surface area contributed by atoms with E-state index in [1.54, 1.807) is 0 Å². The molecule has 1 aromatic rings. The third-order valence-electron chi connectivity index (χ3n) is 4.56. The molecule has 0 aromatic heterocycles. The van der Waals surface area contributed by atoms with Crippen molar-refractivity contribution < 1.29 is 4.74 Å². The molecule has 1 aromatic carbocycles. The molecule has 0 radical (unpaired) electrons. The first-order chi connectivity index (χ1) is 8.71. The van der Waals surface area contributed by atoms with Crippen LogP contribution in [0.1, 0.15) is 38.5 Å². The van der Waals surface area contributed by atoms with Crippen molar-refractivity contribution in [2.24, 2.45) is 5.41 Å². The van der Waals surface area contributed by atoms with Crippen molar-refractivity contribution in [3.63, 3.8) is 0 Å². The zero-order chi connectivity index (χ0) is 12.6. The molecule has 1 spiro atoms. The highest BCUT2D eigenvalue weighted by Gasteiger charge is 2.55. The fourth-order valence-corrected chi connectivity index (χ4v) is 4.17. The Morgan fingerprint density at radius 3 is 2.39 bits per heavy atom. The number of halogens is 2. The van der Waals surface area contributed by atoms with E-state index in [9.17, 15) is 0 Å². The van der Waals surface area contributed by atoms with Crippen molar-refractivity contribution in [2.45, 2.75) is 50.0 Å². The maximum absolute atomic E-state index is 6.48. The number of hydrogen-bond acceptors (Lipinski definition) is 1. The lowest BCUT2D eigenvalue weighted by atomic mass is 9.58. The zero-order valence-electron chi connectivity index (χ0n) is 10.4. The lowest BCUT2D eigenvalue weighted by Crippen LogP contribution is -2.58. The highest BCUT2D eigenvalue weighted by atomic mass is 79.9. The third-order valence-corrected chi connectivity index (χ3v) is 5.70. The van der Waals surface area contributed by atoms with E-state index < -0.39 is 0 Å². The first-order valence-corrected chi connectivity index (χ1v) is 8.00. The Bertz CT molecular complexity index is 411. The maximum Gasteiger partial charge on any atom is 0.119 e. The molecule has 2 fully saturated rings. The standard InChI is InChI=1S/C15H18BrClO/c16-11-4-6-12(7-5-11)18-14-10-13(17)15(14)8-2-1-3-9-15/h4-7,13-14H,1-3,8-10H2. The molecule has 0 saturated heterocycles. The van der Waals surface area contributed by atoms with Crippen LogP contribution in [-0.2, 0) is 0 Å². The monoisotopic (exact) mass is 328 g/mol. The smallest absolute Gasteiger partial charge is 0.119 e. The Morgan fingerprint density at radius 2 is 1.78 bits per heavy atom.